The van der Waals surface area contributed by atoms with Crippen molar-refractivity contribution in [3.8, 4) is 0 Å². The van der Waals surface area contributed by atoms with Crippen molar-refractivity contribution in [1.82, 2.24) is 14.7 Å². The van der Waals surface area contributed by atoms with E-state index in [9.17, 15) is 14.0 Å². The van der Waals surface area contributed by atoms with Gasteiger partial charge in [-0.3, -0.25) is 14.5 Å². The van der Waals surface area contributed by atoms with Crippen molar-refractivity contribution in [3.63, 3.8) is 0 Å². The highest BCUT2D eigenvalue weighted by Gasteiger charge is 2.33. The molecule has 36 heavy (non-hydrogen) atoms. The van der Waals surface area contributed by atoms with Crippen LogP contribution in [0.4, 0.5) is 4.39 Å². The van der Waals surface area contributed by atoms with Gasteiger partial charge in [0.1, 0.15) is 5.82 Å². The predicted octanol–water partition coefficient (Wildman–Crippen LogP) is 4.79. The number of thiophene rings is 1. The zero-order valence-corrected chi connectivity index (χ0v) is 21.5. The zero-order chi connectivity index (χ0) is 25.1. The van der Waals surface area contributed by atoms with Crippen molar-refractivity contribution < 1.29 is 14.0 Å². The first kappa shape index (κ1) is 24.7. The van der Waals surface area contributed by atoms with Gasteiger partial charge in [0.05, 0.1) is 6.04 Å². The number of fused-ring (bicyclic) bond motifs is 1. The lowest BCUT2D eigenvalue weighted by Crippen LogP contribution is -2.48. The molecule has 1 aromatic heterocycles. The molecule has 2 aliphatic rings. The molecule has 1 unspecified atom stereocenters. The minimum atomic E-state index is -0.289. The summed E-state index contributed by atoms with van der Waals surface area (Å²) in [6.45, 7) is 6.68. The van der Waals surface area contributed by atoms with E-state index in [0.717, 1.165) is 37.2 Å². The average molecular weight is 506 g/mol. The van der Waals surface area contributed by atoms with Gasteiger partial charge in [0.25, 0.3) is 0 Å². The molecular weight excluding hydrogens is 473 g/mol. The molecule has 1 atom stereocenters. The van der Waals surface area contributed by atoms with Gasteiger partial charge in [-0.1, -0.05) is 42.0 Å². The second-order valence-electron chi connectivity index (χ2n) is 9.74. The molecule has 1 saturated heterocycles. The third-order valence-electron chi connectivity index (χ3n) is 7.24. The minimum Gasteiger partial charge on any atom is -0.340 e. The number of amides is 2. The summed E-state index contributed by atoms with van der Waals surface area (Å²) >= 11 is 1.70. The summed E-state index contributed by atoms with van der Waals surface area (Å²) in [5.41, 5.74) is 4.57. The first-order valence-corrected chi connectivity index (χ1v) is 13.5. The number of benzene rings is 2. The van der Waals surface area contributed by atoms with Gasteiger partial charge >= 0.3 is 0 Å². The molecule has 0 spiro atoms. The Morgan fingerprint density at radius 2 is 1.69 bits per heavy atom. The van der Waals surface area contributed by atoms with E-state index in [4.69, 9.17) is 0 Å². The van der Waals surface area contributed by atoms with E-state index in [0.29, 0.717) is 19.6 Å². The lowest BCUT2D eigenvalue weighted by molar-refractivity contribution is -0.139. The van der Waals surface area contributed by atoms with Crippen LogP contribution in [0.3, 0.4) is 0 Å². The molecule has 0 N–H and O–H groups in total. The predicted molar refractivity (Wildman–Crippen MR) is 140 cm³/mol. The van der Waals surface area contributed by atoms with E-state index in [1.807, 2.05) is 9.80 Å². The fourth-order valence-electron chi connectivity index (χ4n) is 5.33. The van der Waals surface area contributed by atoms with E-state index in [1.54, 1.807) is 23.5 Å². The largest absolute Gasteiger partial charge is 0.340 e. The van der Waals surface area contributed by atoms with Crippen molar-refractivity contribution in [2.24, 2.45) is 0 Å². The van der Waals surface area contributed by atoms with Crippen molar-refractivity contribution in [1.29, 1.82) is 0 Å². The van der Waals surface area contributed by atoms with Gasteiger partial charge in [-0.15, -0.1) is 11.3 Å². The Kier molecular flexibility index (Phi) is 7.48. The summed E-state index contributed by atoms with van der Waals surface area (Å²) < 4.78 is 13.6. The number of hydrogen-bond acceptors (Lipinski definition) is 4. The molecule has 188 valence electrons. The fraction of sp³-hybridized carbons (Fsp3) is 0.379. The number of hydrogen-bond donors (Lipinski definition) is 0. The first-order chi connectivity index (χ1) is 17.5. The number of aryl methyl sites for hydroxylation is 1. The smallest absolute Gasteiger partial charge is 0.223 e. The van der Waals surface area contributed by atoms with E-state index in [1.165, 1.54) is 28.1 Å². The Hall–Kier alpha value is -3.03. The second kappa shape index (κ2) is 10.9. The highest BCUT2D eigenvalue weighted by molar-refractivity contribution is 7.10. The van der Waals surface area contributed by atoms with Crippen LogP contribution < -0.4 is 0 Å². The Labute approximate surface area is 216 Å². The molecule has 2 amide bonds. The molecule has 7 heteroatoms. The average Bonchev–Trinajstić information content (AvgIpc) is 3.37. The highest BCUT2D eigenvalue weighted by atomic mass is 32.1. The normalized spacial score (nSPS) is 18.2. The van der Waals surface area contributed by atoms with Crippen LogP contribution in [-0.4, -0.2) is 59.2 Å². The van der Waals surface area contributed by atoms with E-state index >= 15 is 0 Å². The molecule has 1 fully saturated rings. The molecule has 0 aliphatic carbocycles. The van der Waals surface area contributed by atoms with Gasteiger partial charge in [-0.05, 0) is 53.6 Å². The lowest BCUT2D eigenvalue weighted by Gasteiger charge is -2.37. The van der Waals surface area contributed by atoms with Crippen LogP contribution in [0.2, 0.25) is 0 Å². The monoisotopic (exact) mass is 505 g/mol. The SMILES string of the molecule is Cc1cccc(CN2CCN(C(=O)CCC(=O)N3CCc4sccc4C3c3ccc(F)cc3)CC2)c1. The summed E-state index contributed by atoms with van der Waals surface area (Å²) in [5, 5.41) is 2.05. The third kappa shape index (κ3) is 5.52. The molecule has 5 rings (SSSR count). The number of halogens is 1. The van der Waals surface area contributed by atoms with Gasteiger partial charge in [0.15, 0.2) is 0 Å². The summed E-state index contributed by atoms with van der Waals surface area (Å²) in [6.07, 6.45) is 1.23. The summed E-state index contributed by atoms with van der Waals surface area (Å²) in [6, 6.07) is 16.8. The number of rotatable bonds is 6. The molecule has 0 saturated carbocycles. The Morgan fingerprint density at radius 1 is 0.944 bits per heavy atom. The molecule has 0 bridgehead atoms. The maximum Gasteiger partial charge on any atom is 0.223 e. The zero-order valence-electron chi connectivity index (χ0n) is 20.7. The molecular formula is C29H32FN3O2S. The van der Waals surface area contributed by atoms with Crippen molar-refractivity contribution >= 4 is 23.2 Å². The van der Waals surface area contributed by atoms with E-state index in [-0.39, 0.29) is 36.5 Å². The first-order valence-electron chi connectivity index (χ1n) is 12.6. The van der Waals surface area contributed by atoms with Crippen LogP contribution >= 0.6 is 11.3 Å². The van der Waals surface area contributed by atoms with Crippen LogP contribution in [0.25, 0.3) is 0 Å². The highest BCUT2D eigenvalue weighted by Crippen LogP contribution is 2.38. The molecule has 3 aromatic rings. The maximum atomic E-state index is 13.6. The molecule has 0 radical (unpaired) electrons. The number of piperazine rings is 1. The van der Waals surface area contributed by atoms with Gasteiger partial charge in [0, 0.05) is 57.0 Å². The summed E-state index contributed by atoms with van der Waals surface area (Å²) in [7, 11) is 0. The van der Waals surface area contributed by atoms with Crippen molar-refractivity contribution in [2.75, 3.05) is 32.7 Å². The number of carbonyl (C=O) groups excluding carboxylic acids is 2. The van der Waals surface area contributed by atoms with Gasteiger partial charge in [0.2, 0.25) is 11.8 Å². The van der Waals surface area contributed by atoms with E-state index < -0.39 is 0 Å². The standard InChI is InChI=1S/C29H32FN3O2S/c1-21-3-2-4-22(19-21)20-31-14-16-32(17-15-31)27(34)9-10-28(35)33-13-11-26-25(12-18-36-26)29(33)23-5-7-24(30)8-6-23/h2-8,12,18-19,29H,9-11,13-17,20H2,1H3. The van der Waals surface area contributed by atoms with Crippen LogP contribution in [0, 0.1) is 12.7 Å². The van der Waals surface area contributed by atoms with Gasteiger partial charge in [-0.25, -0.2) is 4.39 Å². The van der Waals surface area contributed by atoms with E-state index in [2.05, 4.69) is 47.5 Å². The minimum absolute atomic E-state index is 0.0207. The summed E-state index contributed by atoms with van der Waals surface area (Å²) in [5.74, 6) is -0.264. The lowest BCUT2D eigenvalue weighted by atomic mass is 9.93. The fourth-order valence-corrected chi connectivity index (χ4v) is 6.23. The molecule has 5 nitrogen and oxygen atoms in total. The van der Waals surface area contributed by atoms with Crippen LogP contribution in [0.5, 0.6) is 0 Å². The summed E-state index contributed by atoms with van der Waals surface area (Å²) in [4.78, 5) is 33.7. The van der Waals surface area contributed by atoms with Gasteiger partial charge in [-0.2, -0.15) is 0 Å². The van der Waals surface area contributed by atoms with Crippen molar-refractivity contribution in [2.45, 2.75) is 38.8 Å². The van der Waals surface area contributed by atoms with Crippen LogP contribution in [0.1, 0.15) is 46.0 Å². The molecule has 3 heterocycles. The van der Waals surface area contributed by atoms with Crippen LogP contribution in [-0.2, 0) is 22.6 Å². The van der Waals surface area contributed by atoms with Crippen molar-refractivity contribution in [3.05, 3.63) is 92.9 Å². The quantitative estimate of drug-likeness (QED) is 0.484. The Balaban J connectivity index is 1.16. The third-order valence-corrected chi connectivity index (χ3v) is 8.23. The Bertz CT molecular complexity index is 1220. The topological polar surface area (TPSA) is 43.9 Å². The van der Waals surface area contributed by atoms with Crippen LogP contribution in [0.15, 0.2) is 60.0 Å². The molecule has 2 aliphatic heterocycles. The number of carbonyl (C=O) groups is 2. The second-order valence-corrected chi connectivity index (χ2v) is 10.7. The maximum absolute atomic E-state index is 13.6. The Morgan fingerprint density at radius 3 is 2.44 bits per heavy atom. The molecule has 2 aromatic carbocycles. The number of nitrogens with zero attached hydrogens (tertiary/aromatic N) is 3. The van der Waals surface area contributed by atoms with Gasteiger partial charge < -0.3 is 9.80 Å².